The Bertz CT molecular complexity index is 1410. The van der Waals surface area contributed by atoms with Crippen molar-refractivity contribution in [3.8, 4) is 17.0 Å². The lowest BCUT2D eigenvalue weighted by Gasteiger charge is -2.14. The number of fused-ring (bicyclic) bond motifs is 1. The van der Waals surface area contributed by atoms with E-state index < -0.39 is 0 Å². The maximum atomic E-state index is 13.4. The molecule has 0 bridgehead atoms. The van der Waals surface area contributed by atoms with Crippen LogP contribution in [-0.2, 0) is 24.2 Å². The summed E-state index contributed by atoms with van der Waals surface area (Å²) in [5.41, 5.74) is 4.56. The highest BCUT2D eigenvalue weighted by molar-refractivity contribution is 6.30. The van der Waals surface area contributed by atoms with Crippen LogP contribution in [0.1, 0.15) is 30.2 Å². The van der Waals surface area contributed by atoms with Crippen molar-refractivity contribution in [3.05, 3.63) is 86.8 Å². The van der Waals surface area contributed by atoms with Gasteiger partial charge in [0.1, 0.15) is 11.4 Å². The number of carbonyl (C=O) groups is 1. The number of aryl methyl sites for hydroxylation is 1. The van der Waals surface area contributed by atoms with Crippen molar-refractivity contribution < 1.29 is 9.53 Å². The molecule has 8 heteroatoms. The van der Waals surface area contributed by atoms with Gasteiger partial charge in [-0.2, -0.15) is 9.61 Å². The molecular weight excluding hydrogens is 464 g/mol. The smallest absolute Gasteiger partial charge is 0.277 e. The Kier molecular flexibility index (Phi) is 7.56. The van der Waals surface area contributed by atoms with Crippen LogP contribution < -0.4 is 15.6 Å². The molecule has 0 aliphatic rings. The fourth-order valence-corrected chi connectivity index (χ4v) is 4.46. The van der Waals surface area contributed by atoms with Crippen LogP contribution in [0.15, 0.2) is 59.4 Å². The third-order valence-corrected chi connectivity index (χ3v) is 6.46. The Morgan fingerprint density at radius 1 is 1.11 bits per heavy atom. The zero-order chi connectivity index (χ0) is 24.9. The number of carbonyl (C=O) groups excluding carboxylic acids is 1. The van der Waals surface area contributed by atoms with Crippen molar-refractivity contribution in [1.82, 2.24) is 19.5 Å². The fraction of sp³-hybridized carbons (Fsp3) is 0.296. The molecule has 0 fully saturated rings. The molecule has 2 aromatic heterocycles. The van der Waals surface area contributed by atoms with Gasteiger partial charge < -0.3 is 14.6 Å². The minimum atomic E-state index is -0.197. The van der Waals surface area contributed by atoms with Crippen molar-refractivity contribution in [1.29, 1.82) is 0 Å². The molecule has 0 unspecified atom stereocenters. The second-order valence-corrected chi connectivity index (χ2v) is 8.78. The van der Waals surface area contributed by atoms with Crippen LogP contribution in [-0.4, -0.2) is 33.7 Å². The largest absolute Gasteiger partial charge is 0.496 e. The number of nitrogens with zero attached hydrogens (tertiary/aromatic N) is 3. The summed E-state index contributed by atoms with van der Waals surface area (Å²) in [5, 5.41) is 8.24. The maximum absolute atomic E-state index is 13.4. The predicted octanol–water partition coefficient (Wildman–Crippen LogP) is 4.44. The van der Waals surface area contributed by atoms with E-state index in [0.717, 1.165) is 23.2 Å². The molecule has 0 atom stereocenters. The summed E-state index contributed by atoms with van der Waals surface area (Å²) >= 11 is 5.92. The van der Waals surface area contributed by atoms with Gasteiger partial charge in [0.2, 0.25) is 5.91 Å². The van der Waals surface area contributed by atoms with E-state index >= 15 is 0 Å². The quantitative estimate of drug-likeness (QED) is 0.374. The summed E-state index contributed by atoms with van der Waals surface area (Å²) in [6.07, 6.45) is 1.29. The van der Waals surface area contributed by atoms with Crippen LogP contribution in [0.3, 0.4) is 0 Å². The minimum Gasteiger partial charge on any atom is -0.496 e. The average molecular weight is 493 g/mol. The summed E-state index contributed by atoms with van der Waals surface area (Å²) in [6.45, 7) is 5.15. The summed E-state index contributed by atoms with van der Waals surface area (Å²) in [4.78, 5) is 25.9. The number of aromatic nitrogens is 3. The number of halogens is 1. The second-order valence-electron chi connectivity index (χ2n) is 8.34. The number of hydrogen-bond acceptors (Lipinski definition) is 4. The van der Waals surface area contributed by atoms with Crippen molar-refractivity contribution in [2.45, 2.75) is 39.7 Å². The monoisotopic (exact) mass is 492 g/mol. The molecule has 7 nitrogen and oxygen atoms in total. The SMILES string of the molecule is CCn1c(C)c(CCC(=O)NCCc2ccc(Cl)cc2)c(=O)n2nc(-c3ccccc3OC)cc12. The first kappa shape index (κ1) is 24.5. The first-order chi connectivity index (χ1) is 16.9. The molecule has 2 heterocycles. The Morgan fingerprint density at radius 2 is 1.86 bits per heavy atom. The lowest BCUT2D eigenvalue weighted by molar-refractivity contribution is -0.121. The van der Waals surface area contributed by atoms with Gasteiger partial charge in [-0.1, -0.05) is 35.9 Å². The van der Waals surface area contributed by atoms with Gasteiger partial charge in [0, 0.05) is 47.4 Å². The first-order valence-corrected chi connectivity index (χ1v) is 12.1. The number of para-hydroxylation sites is 1. The van der Waals surface area contributed by atoms with Crippen molar-refractivity contribution in [2.75, 3.05) is 13.7 Å². The van der Waals surface area contributed by atoms with Crippen molar-refractivity contribution >= 4 is 23.2 Å². The molecular formula is C27H29ClN4O3. The predicted molar refractivity (Wildman–Crippen MR) is 138 cm³/mol. The summed E-state index contributed by atoms with van der Waals surface area (Å²) < 4.78 is 8.97. The number of amides is 1. The number of methoxy groups -OCH3 is 1. The Morgan fingerprint density at radius 3 is 2.57 bits per heavy atom. The molecule has 0 aliphatic carbocycles. The molecule has 1 amide bonds. The standard InChI is InChI=1S/C27H29ClN4O3/c1-4-31-18(2)21(13-14-25(33)29-16-15-19-9-11-20(28)12-10-19)27(34)32-26(31)17-23(30-32)22-7-5-6-8-24(22)35-3/h5-12,17H,4,13-16H2,1-3H3,(H,29,33). The molecule has 182 valence electrons. The first-order valence-electron chi connectivity index (χ1n) is 11.7. The third-order valence-electron chi connectivity index (χ3n) is 6.21. The Labute approximate surface area is 209 Å². The van der Waals surface area contributed by atoms with Gasteiger partial charge in [0.05, 0.1) is 12.8 Å². The van der Waals surface area contributed by atoms with Gasteiger partial charge in [-0.3, -0.25) is 9.59 Å². The molecule has 0 aliphatic heterocycles. The van der Waals surface area contributed by atoms with E-state index in [2.05, 4.69) is 15.0 Å². The van der Waals surface area contributed by atoms with Crippen molar-refractivity contribution in [3.63, 3.8) is 0 Å². The van der Waals surface area contributed by atoms with Crippen LogP contribution in [0.5, 0.6) is 5.75 Å². The molecule has 35 heavy (non-hydrogen) atoms. The van der Waals surface area contributed by atoms with Crippen LogP contribution in [0.4, 0.5) is 0 Å². The number of nitrogens with one attached hydrogen (secondary N) is 1. The third kappa shape index (κ3) is 5.25. The van der Waals surface area contributed by atoms with E-state index in [1.54, 1.807) is 7.11 Å². The fourth-order valence-electron chi connectivity index (χ4n) is 4.33. The van der Waals surface area contributed by atoms with Crippen LogP contribution in [0.25, 0.3) is 16.9 Å². The Balaban J connectivity index is 1.53. The lowest BCUT2D eigenvalue weighted by atomic mass is 10.1. The Hall–Kier alpha value is -3.58. The molecule has 4 rings (SSSR count). The number of benzene rings is 2. The van der Waals surface area contributed by atoms with E-state index in [0.29, 0.717) is 47.2 Å². The zero-order valence-electron chi connectivity index (χ0n) is 20.2. The molecule has 0 spiro atoms. The van der Waals surface area contributed by atoms with Gasteiger partial charge in [0.25, 0.3) is 5.56 Å². The van der Waals surface area contributed by atoms with E-state index in [-0.39, 0.29) is 17.9 Å². The highest BCUT2D eigenvalue weighted by atomic mass is 35.5. The molecule has 4 aromatic rings. The van der Waals surface area contributed by atoms with E-state index in [9.17, 15) is 9.59 Å². The van der Waals surface area contributed by atoms with Crippen molar-refractivity contribution in [2.24, 2.45) is 0 Å². The van der Waals surface area contributed by atoms with E-state index in [1.807, 2.05) is 68.4 Å². The van der Waals surface area contributed by atoms with Crippen LogP contribution in [0, 0.1) is 6.92 Å². The van der Waals surface area contributed by atoms with Gasteiger partial charge in [0.15, 0.2) is 0 Å². The zero-order valence-corrected chi connectivity index (χ0v) is 20.9. The molecule has 2 aromatic carbocycles. The van der Waals surface area contributed by atoms with Gasteiger partial charge in [-0.05, 0) is 56.5 Å². The topological polar surface area (TPSA) is 77.6 Å². The number of rotatable bonds is 9. The lowest BCUT2D eigenvalue weighted by Crippen LogP contribution is -2.29. The van der Waals surface area contributed by atoms with Crippen LogP contribution >= 0.6 is 11.6 Å². The van der Waals surface area contributed by atoms with Gasteiger partial charge in [-0.25, -0.2) is 0 Å². The minimum absolute atomic E-state index is 0.0870. The highest BCUT2D eigenvalue weighted by Gasteiger charge is 2.18. The molecule has 1 N–H and O–H groups in total. The van der Waals surface area contributed by atoms with Gasteiger partial charge in [-0.15, -0.1) is 0 Å². The normalized spacial score (nSPS) is 11.1. The summed E-state index contributed by atoms with van der Waals surface area (Å²) in [5.74, 6) is 0.606. The van der Waals surface area contributed by atoms with Gasteiger partial charge >= 0.3 is 0 Å². The highest BCUT2D eigenvalue weighted by Crippen LogP contribution is 2.29. The number of ether oxygens (including phenoxy) is 1. The van der Waals surface area contributed by atoms with E-state index in [4.69, 9.17) is 16.3 Å². The van der Waals surface area contributed by atoms with Crippen LogP contribution in [0.2, 0.25) is 5.02 Å². The molecule has 0 saturated carbocycles. The molecule has 0 saturated heterocycles. The average Bonchev–Trinajstić information content (AvgIpc) is 3.30. The second kappa shape index (κ2) is 10.8. The van der Waals surface area contributed by atoms with E-state index in [1.165, 1.54) is 4.52 Å². The summed E-state index contributed by atoms with van der Waals surface area (Å²) in [6, 6.07) is 17.1. The number of hydrogen-bond donors (Lipinski definition) is 1. The maximum Gasteiger partial charge on any atom is 0.277 e. The molecule has 0 radical (unpaired) electrons. The summed E-state index contributed by atoms with van der Waals surface area (Å²) in [7, 11) is 1.61.